The van der Waals surface area contributed by atoms with Crippen LogP contribution in [0.2, 0.25) is 0 Å². The van der Waals surface area contributed by atoms with Gasteiger partial charge >= 0.3 is 5.97 Å². The van der Waals surface area contributed by atoms with Crippen LogP contribution in [0.15, 0.2) is 22.9 Å². The van der Waals surface area contributed by atoms with Crippen LogP contribution >= 0.6 is 0 Å². The predicted molar refractivity (Wildman–Crippen MR) is 119 cm³/mol. The van der Waals surface area contributed by atoms with Crippen molar-refractivity contribution in [2.45, 2.75) is 65.3 Å². The molecule has 8 heteroatoms. The number of esters is 1. The van der Waals surface area contributed by atoms with E-state index in [1.807, 2.05) is 25.7 Å². The molecule has 0 bridgehead atoms. The van der Waals surface area contributed by atoms with Gasteiger partial charge in [-0.2, -0.15) is 0 Å². The van der Waals surface area contributed by atoms with Crippen molar-refractivity contribution in [3.05, 3.63) is 22.9 Å². The van der Waals surface area contributed by atoms with Crippen LogP contribution in [0.25, 0.3) is 0 Å². The first kappa shape index (κ1) is 24.1. The van der Waals surface area contributed by atoms with Gasteiger partial charge in [-0.05, 0) is 44.6 Å². The minimum Gasteiger partial charge on any atom is -0.456 e. The second-order valence-electron chi connectivity index (χ2n) is 10.3. The Morgan fingerprint density at radius 3 is 2.42 bits per heavy atom. The molecule has 3 aliphatic carbocycles. The van der Waals surface area contributed by atoms with Crippen molar-refractivity contribution in [3.8, 4) is 0 Å². The van der Waals surface area contributed by atoms with E-state index in [0.717, 1.165) is 0 Å². The minimum atomic E-state index is -1.13. The van der Waals surface area contributed by atoms with Gasteiger partial charge in [0.05, 0.1) is 30.3 Å². The molecule has 4 rings (SSSR count). The molecule has 0 aromatic rings. The number of nitrogens with zero attached hydrogens (tertiary/aromatic N) is 1. The lowest BCUT2D eigenvalue weighted by Crippen LogP contribution is -2.62. The number of cyclic esters (lactones) is 1. The topological polar surface area (TPSA) is 113 Å². The molecule has 33 heavy (non-hydrogen) atoms. The maximum atomic E-state index is 13.7. The van der Waals surface area contributed by atoms with Crippen LogP contribution in [0.4, 0.5) is 0 Å². The molecule has 1 saturated carbocycles. The molecule has 0 aromatic carbocycles. The molecular weight excluding hydrogens is 426 g/mol. The van der Waals surface area contributed by atoms with Gasteiger partial charge in [-0.25, -0.2) is 4.79 Å². The number of methoxy groups -OCH3 is 1. The van der Waals surface area contributed by atoms with E-state index in [4.69, 9.17) is 9.47 Å². The Morgan fingerprint density at radius 1 is 1.15 bits per heavy atom. The Bertz CT molecular complexity index is 935. The lowest BCUT2D eigenvalue weighted by Gasteiger charge is -2.55. The van der Waals surface area contributed by atoms with E-state index in [2.05, 4.69) is 0 Å². The van der Waals surface area contributed by atoms with Crippen LogP contribution in [0.1, 0.15) is 47.0 Å². The number of Topliss-reactive ketones (excluding diaryl/α,β-unsaturated/α-hetero) is 2. The molecule has 0 aromatic heterocycles. The second kappa shape index (κ2) is 8.32. The third-order valence-electron chi connectivity index (χ3n) is 8.72. The number of rotatable bonds is 5. The first-order valence-corrected chi connectivity index (χ1v) is 11.9. The molecule has 7 atom stereocenters. The molecule has 0 radical (unpaired) electrons. The van der Waals surface area contributed by atoms with Crippen LogP contribution in [-0.4, -0.2) is 77.8 Å². The van der Waals surface area contributed by atoms with Crippen molar-refractivity contribution in [1.29, 1.82) is 0 Å². The zero-order valence-electron chi connectivity index (χ0n) is 20.1. The Kier molecular flexibility index (Phi) is 6.08. The normalized spacial score (nSPS) is 41.6. The maximum Gasteiger partial charge on any atom is 0.336 e. The molecule has 0 amide bonds. The lowest BCUT2D eigenvalue weighted by atomic mass is 9.50. The molecule has 0 spiro atoms. The number of fused-ring (bicyclic) bond motifs is 4. The van der Waals surface area contributed by atoms with E-state index < -0.39 is 52.6 Å². The first-order chi connectivity index (χ1) is 15.6. The summed E-state index contributed by atoms with van der Waals surface area (Å²) < 4.78 is 11.2. The summed E-state index contributed by atoms with van der Waals surface area (Å²) in [5.41, 5.74) is -0.867. The van der Waals surface area contributed by atoms with Crippen molar-refractivity contribution in [2.24, 2.45) is 22.7 Å². The quantitative estimate of drug-likeness (QED) is 0.359. The first-order valence-electron chi connectivity index (χ1n) is 11.9. The van der Waals surface area contributed by atoms with E-state index in [1.165, 1.54) is 7.11 Å². The summed E-state index contributed by atoms with van der Waals surface area (Å²) in [6, 6.07) is 0. The van der Waals surface area contributed by atoms with Crippen molar-refractivity contribution >= 4 is 17.5 Å². The average molecular weight is 462 g/mol. The van der Waals surface area contributed by atoms with E-state index in [0.29, 0.717) is 37.1 Å². The van der Waals surface area contributed by atoms with E-state index >= 15 is 0 Å². The van der Waals surface area contributed by atoms with Gasteiger partial charge in [0, 0.05) is 42.8 Å². The molecule has 1 saturated heterocycles. The number of ether oxygens (including phenoxy) is 2. The molecule has 182 valence electrons. The van der Waals surface area contributed by atoms with Gasteiger partial charge < -0.3 is 24.6 Å². The van der Waals surface area contributed by atoms with Crippen LogP contribution in [-0.2, 0) is 23.9 Å². The fourth-order valence-electron chi connectivity index (χ4n) is 6.83. The Labute approximate surface area is 194 Å². The van der Waals surface area contributed by atoms with Crippen molar-refractivity contribution in [2.75, 3.05) is 26.8 Å². The highest BCUT2D eigenvalue weighted by Gasteiger charge is 2.66. The Morgan fingerprint density at radius 2 is 1.82 bits per heavy atom. The summed E-state index contributed by atoms with van der Waals surface area (Å²) in [5, 5.41) is 22.1. The van der Waals surface area contributed by atoms with E-state index in [9.17, 15) is 24.6 Å². The van der Waals surface area contributed by atoms with Gasteiger partial charge in [0.15, 0.2) is 0 Å². The molecule has 4 aliphatic rings. The largest absolute Gasteiger partial charge is 0.456 e. The monoisotopic (exact) mass is 461 g/mol. The van der Waals surface area contributed by atoms with Gasteiger partial charge in [-0.3, -0.25) is 9.59 Å². The van der Waals surface area contributed by atoms with Crippen LogP contribution < -0.4 is 0 Å². The van der Waals surface area contributed by atoms with Gasteiger partial charge in [0.1, 0.15) is 6.10 Å². The average Bonchev–Trinajstić information content (AvgIpc) is 3.06. The fourth-order valence-corrected chi connectivity index (χ4v) is 6.83. The third kappa shape index (κ3) is 3.25. The standard InChI is InChI=1S/C25H35NO7/c1-6-26(7-2)11-13-19-22(30)21(29)18-14-8-9-16(28)24(14,3)10-15(27)20(18)25(19,4)17(12-32-5)33-23(13)31/h11,14-17,19,27-28H,6-10,12H2,1-5H3/b13-11-/t14?,15-,16+,17-,19?,24+,25+/m1/s1. The highest BCUT2D eigenvalue weighted by atomic mass is 16.6. The molecule has 1 heterocycles. The van der Waals surface area contributed by atoms with Crippen LogP contribution in [0, 0.1) is 22.7 Å². The summed E-state index contributed by atoms with van der Waals surface area (Å²) >= 11 is 0. The maximum absolute atomic E-state index is 13.7. The smallest absolute Gasteiger partial charge is 0.336 e. The van der Waals surface area contributed by atoms with Crippen LogP contribution in [0.5, 0.6) is 0 Å². The third-order valence-corrected chi connectivity index (χ3v) is 8.72. The van der Waals surface area contributed by atoms with Gasteiger partial charge in [0.25, 0.3) is 0 Å². The predicted octanol–water partition coefficient (Wildman–Crippen LogP) is 1.40. The number of carbonyl (C=O) groups is 3. The summed E-state index contributed by atoms with van der Waals surface area (Å²) in [7, 11) is 1.49. The Balaban J connectivity index is 1.97. The zero-order valence-corrected chi connectivity index (χ0v) is 20.1. The summed E-state index contributed by atoms with van der Waals surface area (Å²) in [6.45, 7) is 8.84. The number of ketones is 2. The molecule has 2 N–H and O–H groups in total. The number of hydrogen-bond acceptors (Lipinski definition) is 8. The number of aliphatic hydroxyl groups is 2. The zero-order chi connectivity index (χ0) is 24.3. The van der Waals surface area contributed by atoms with Crippen molar-refractivity contribution in [3.63, 3.8) is 0 Å². The molecular formula is C25H35NO7. The minimum absolute atomic E-state index is 0.0345. The molecule has 2 fully saturated rings. The van der Waals surface area contributed by atoms with Gasteiger partial charge in [-0.15, -0.1) is 0 Å². The summed E-state index contributed by atoms with van der Waals surface area (Å²) in [5.74, 6) is -3.31. The molecule has 8 nitrogen and oxygen atoms in total. The summed E-state index contributed by atoms with van der Waals surface area (Å²) in [6.07, 6.45) is 0.464. The van der Waals surface area contributed by atoms with E-state index in [1.54, 1.807) is 13.1 Å². The van der Waals surface area contributed by atoms with E-state index in [-0.39, 0.29) is 24.5 Å². The molecule has 2 unspecified atom stereocenters. The fraction of sp³-hybridized carbons (Fsp3) is 0.720. The SMILES string of the molecule is CCN(/C=C1\C(=O)O[C@H](COC)[C@]2(C)C3=C(C(=O)C(=O)C12)C1CC[C@H](O)[C@@]1(C)C[C@H]3O)CC. The highest BCUT2D eigenvalue weighted by molar-refractivity contribution is 6.46. The van der Waals surface area contributed by atoms with Crippen LogP contribution in [0.3, 0.4) is 0 Å². The number of aliphatic hydroxyl groups excluding tert-OH is 2. The highest BCUT2D eigenvalue weighted by Crippen LogP contribution is 2.62. The molecule has 1 aliphatic heterocycles. The number of carbonyl (C=O) groups excluding carboxylic acids is 3. The lowest BCUT2D eigenvalue weighted by molar-refractivity contribution is -0.172. The van der Waals surface area contributed by atoms with Crippen molar-refractivity contribution in [1.82, 2.24) is 4.90 Å². The van der Waals surface area contributed by atoms with Gasteiger partial charge in [0.2, 0.25) is 11.6 Å². The summed E-state index contributed by atoms with van der Waals surface area (Å²) in [4.78, 5) is 42.3. The Hall–Kier alpha value is -2.03. The second-order valence-corrected chi connectivity index (χ2v) is 10.3. The number of allylic oxidation sites excluding steroid dienone is 1. The number of hydrogen-bond donors (Lipinski definition) is 2. The van der Waals surface area contributed by atoms with Gasteiger partial charge in [-0.1, -0.05) is 13.8 Å². The van der Waals surface area contributed by atoms with Crippen molar-refractivity contribution < 1.29 is 34.1 Å².